The Morgan fingerprint density at radius 3 is 2.83 bits per heavy atom. The minimum absolute atomic E-state index is 0.0246. The number of methoxy groups -OCH3 is 1. The number of ether oxygens (including phenoxy) is 1. The number of carbonyl (C=O) groups is 1. The van der Waals surface area contributed by atoms with Crippen molar-refractivity contribution in [3.05, 3.63) is 58.0 Å². The fourth-order valence-corrected chi connectivity index (χ4v) is 1.66. The number of nitrogens with one attached hydrogen (secondary N) is 2. The van der Waals surface area contributed by atoms with Gasteiger partial charge in [-0.1, -0.05) is 6.08 Å². The standard InChI is InChI=1S/C14H13N5O4/c1-23-14-12(15-9-16-14)13(20)18-17-8-2-3-10-4-6-11(7-5-10)19(21)22/h2-9H,1H3,(H,15,16)(H,18,20). The second kappa shape index (κ2) is 7.50. The number of non-ortho nitro benzene ring substituents is 1. The van der Waals surface area contributed by atoms with E-state index in [-0.39, 0.29) is 17.3 Å². The predicted octanol–water partition coefficient (Wildman–Crippen LogP) is 1.76. The van der Waals surface area contributed by atoms with E-state index in [0.717, 1.165) is 5.56 Å². The summed E-state index contributed by atoms with van der Waals surface area (Å²) < 4.78 is 4.90. The lowest BCUT2D eigenvalue weighted by Gasteiger charge is -1.98. The highest BCUT2D eigenvalue weighted by atomic mass is 16.6. The molecule has 118 valence electrons. The number of carbonyl (C=O) groups excluding carboxylic acids is 1. The number of benzene rings is 1. The van der Waals surface area contributed by atoms with Crippen LogP contribution in [0.4, 0.5) is 5.69 Å². The van der Waals surface area contributed by atoms with Gasteiger partial charge >= 0.3 is 0 Å². The Bertz CT molecular complexity index is 749. The summed E-state index contributed by atoms with van der Waals surface area (Å²) in [7, 11) is 1.41. The van der Waals surface area contributed by atoms with E-state index in [9.17, 15) is 14.9 Å². The summed E-state index contributed by atoms with van der Waals surface area (Å²) in [4.78, 5) is 28.3. The fourth-order valence-electron chi connectivity index (χ4n) is 1.66. The number of aromatic amines is 1. The number of aromatic nitrogens is 2. The van der Waals surface area contributed by atoms with Gasteiger partial charge in [0, 0.05) is 18.3 Å². The van der Waals surface area contributed by atoms with Crippen LogP contribution in [0, 0.1) is 10.1 Å². The average molecular weight is 315 g/mol. The SMILES string of the molecule is COc1nc[nH]c1C(=O)NN=CC=Cc1ccc([N+](=O)[O-])cc1. The van der Waals surface area contributed by atoms with Crippen molar-refractivity contribution in [3.8, 4) is 5.88 Å². The van der Waals surface area contributed by atoms with Crippen molar-refractivity contribution in [2.75, 3.05) is 7.11 Å². The Morgan fingerprint density at radius 2 is 2.17 bits per heavy atom. The van der Waals surface area contributed by atoms with Crippen LogP contribution in [0.1, 0.15) is 16.1 Å². The summed E-state index contributed by atoms with van der Waals surface area (Å²) in [6.45, 7) is 0. The Kier molecular flexibility index (Phi) is 5.18. The first-order valence-corrected chi connectivity index (χ1v) is 6.43. The van der Waals surface area contributed by atoms with Crippen molar-refractivity contribution < 1.29 is 14.5 Å². The van der Waals surface area contributed by atoms with Gasteiger partial charge in [-0.05, 0) is 23.8 Å². The summed E-state index contributed by atoms with van der Waals surface area (Å²) in [6.07, 6.45) is 6.00. The molecule has 2 aromatic rings. The molecule has 0 aliphatic heterocycles. The van der Waals surface area contributed by atoms with E-state index in [1.54, 1.807) is 24.3 Å². The molecule has 0 atom stereocenters. The molecule has 0 bridgehead atoms. The van der Waals surface area contributed by atoms with Gasteiger partial charge in [-0.25, -0.2) is 10.4 Å². The number of imidazole rings is 1. The van der Waals surface area contributed by atoms with Crippen LogP contribution in [-0.2, 0) is 0 Å². The number of allylic oxidation sites excluding steroid dienone is 1. The van der Waals surface area contributed by atoms with E-state index in [1.165, 1.54) is 31.8 Å². The number of hydrazone groups is 1. The van der Waals surface area contributed by atoms with Crippen LogP contribution in [-0.4, -0.2) is 34.1 Å². The first-order valence-electron chi connectivity index (χ1n) is 6.43. The molecule has 0 spiro atoms. The van der Waals surface area contributed by atoms with E-state index in [2.05, 4.69) is 20.5 Å². The third-order valence-corrected chi connectivity index (χ3v) is 2.74. The molecule has 0 saturated heterocycles. The van der Waals surface area contributed by atoms with Crippen molar-refractivity contribution in [3.63, 3.8) is 0 Å². The molecule has 23 heavy (non-hydrogen) atoms. The van der Waals surface area contributed by atoms with Crippen molar-refractivity contribution in [2.45, 2.75) is 0 Å². The smallest absolute Gasteiger partial charge is 0.293 e. The fraction of sp³-hybridized carbons (Fsp3) is 0.0714. The van der Waals surface area contributed by atoms with Crippen LogP contribution >= 0.6 is 0 Å². The number of hydrogen-bond acceptors (Lipinski definition) is 6. The van der Waals surface area contributed by atoms with Gasteiger partial charge in [0.05, 0.1) is 18.4 Å². The van der Waals surface area contributed by atoms with Gasteiger partial charge in [-0.3, -0.25) is 14.9 Å². The highest BCUT2D eigenvalue weighted by molar-refractivity contribution is 5.95. The van der Waals surface area contributed by atoms with Crippen LogP contribution in [0.3, 0.4) is 0 Å². The largest absolute Gasteiger partial charge is 0.479 e. The molecule has 1 aromatic heterocycles. The van der Waals surface area contributed by atoms with Gasteiger partial charge in [0.2, 0.25) is 5.88 Å². The Hall–Kier alpha value is -3.49. The summed E-state index contributed by atoms with van der Waals surface area (Å²) in [5, 5.41) is 14.3. The second-order valence-electron chi connectivity index (χ2n) is 4.21. The van der Waals surface area contributed by atoms with E-state index >= 15 is 0 Å². The minimum Gasteiger partial charge on any atom is -0.479 e. The van der Waals surface area contributed by atoms with E-state index in [4.69, 9.17) is 4.74 Å². The van der Waals surface area contributed by atoms with E-state index < -0.39 is 10.8 Å². The Balaban J connectivity index is 1.89. The predicted molar refractivity (Wildman–Crippen MR) is 83.2 cm³/mol. The third-order valence-electron chi connectivity index (χ3n) is 2.74. The first-order chi connectivity index (χ1) is 11.1. The molecular formula is C14H13N5O4. The average Bonchev–Trinajstić information content (AvgIpc) is 3.03. The minimum atomic E-state index is -0.487. The maximum atomic E-state index is 11.8. The molecule has 9 nitrogen and oxygen atoms in total. The van der Waals surface area contributed by atoms with E-state index in [1.807, 2.05) is 0 Å². The molecule has 0 aliphatic rings. The zero-order chi connectivity index (χ0) is 16.7. The highest BCUT2D eigenvalue weighted by Crippen LogP contribution is 2.12. The molecule has 0 aliphatic carbocycles. The normalized spacial score (nSPS) is 11.0. The quantitative estimate of drug-likeness (QED) is 0.477. The molecule has 1 amide bonds. The second-order valence-corrected chi connectivity index (χ2v) is 4.21. The van der Waals surface area contributed by atoms with Crippen LogP contribution in [0.5, 0.6) is 5.88 Å². The number of nitro benzene ring substituents is 1. The summed E-state index contributed by atoms with van der Waals surface area (Å²) >= 11 is 0. The third kappa shape index (κ3) is 4.24. The molecule has 0 saturated carbocycles. The monoisotopic (exact) mass is 315 g/mol. The molecule has 2 N–H and O–H groups in total. The number of rotatable bonds is 6. The molecule has 0 unspecified atom stereocenters. The topological polar surface area (TPSA) is 123 Å². The highest BCUT2D eigenvalue weighted by Gasteiger charge is 2.13. The van der Waals surface area contributed by atoms with Gasteiger partial charge in [-0.15, -0.1) is 0 Å². The van der Waals surface area contributed by atoms with Crippen LogP contribution < -0.4 is 10.2 Å². The molecule has 2 rings (SSSR count). The zero-order valence-electron chi connectivity index (χ0n) is 12.1. The maximum Gasteiger partial charge on any atom is 0.293 e. The lowest BCUT2D eigenvalue weighted by molar-refractivity contribution is -0.384. The van der Waals surface area contributed by atoms with Crippen LogP contribution in [0.25, 0.3) is 6.08 Å². The molecule has 1 heterocycles. The number of nitrogens with zero attached hydrogens (tertiary/aromatic N) is 3. The Labute approximate surface area is 130 Å². The molecule has 1 aromatic carbocycles. The lowest BCUT2D eigenvalue weighted by atomic mass is 10.2. The number of H-pyrrole nitrogens is 1. The van der Waals surface area contributed by atoms with Crippen molar-refractivity contribution in [2.24, 2.45) is 5.10 Å². The number of amides is 1. The number of hydrogen-bond donors (Lipinski definition) is 2. The van der Waals surface area contributed by atoms with Crippen molar-refractivity contribution in [1.82, 2.24) is 15.4 Å². The summed E-state index contributed by atoms with van der Waals surface area (Å²) in [6, 6.07) is 6.03. The van der Waals surface area contributed by atoms with Crippen LogP contribution in [0.2, 0.25) is 0 Å². The van der Waals surface area contributed by atoms with Crippen LogP contribution in [0.15, 0.2) is 41.8 Å². The van der Waals surface area contributed by atoms with Gasteiger partial charge in [0.25, 0.3) is 11.6 Å². The molecule has 0 fully saturated rings. The van der Waals surface area contributed by atoms with Gasteiger partial charge < -0.3 is 9.72 Å². The molecular weight excluding hydrogens is 302 g/mol. The lowest BCUT2D eigenvalue weighted by Crippen LogP contribution is -2.18. The van der Waals surface area contributed by atoms with E-state index in [0.29, 0.717) is 0 Å². The van der Waals surface area contributed by atoms with Crippen molar-refractivity contribution >= 4 is 23.9 Å². The first kappa shape index (κ1) is 15.9. The maximum absolute atomic E-state index is 11.8. The molecule has 9 heteroatoms. The van der Waals surface area contributed by atoms with Gasteiger partial charge in [-0.2, -0.15) is 5.10 Å². The zero-order valence-corrected chi connectivity index (χ0v) is 12.1. The Morgan fingerprint density at radius 1 is 1.43 bits per heavy atom. The van der Waals surface area contributed by atoms with Crippen molar-refractivity contribution in [1.29, 1.82) is 0 Å². The molecule has 0 radical (unpaired) electrons. The van der Waals surface area contributed by atoms with Gasteiger partial charge in [0.15, 0.2) is 5.69 Å². The summed E-state index contributed by atoms with van der Waals surface area (Å²) in [5.74, 6) is -0.307. The van der Waals surface area contributed by atoms with Gasteiger partial charge in [0.1, 0.15) is 0 Å². The number of nitro groups is 1. The summed E-state index contributed by atoms with van der Waals surface area (Å²) in [5.41, 5.74) is 3.27.